The molecule has 1 aliphatic heterocycles. The van der Waals surface area contributed by atoms with Crippen molar-refractivity contribution >= 4 is 35.0 Å². The number of thioether (sulfide) groups is 1. The van der Waals surface area contributed by atoms with Gasteiger partial charge >= 0.3 is 5.97 Å². The summed E-state index contributed by atoms with van der Waals surface area (Å²) in [7, 11) is 1.31. The third kappa shape index (κ3) is 3.46. The number of allylic oxidation sites excluding steroid dienone is 1. The summed E-state index contributed by atoms with van der Waals surface area (Å²) in [5.74, 6) is -0.704. The molecule has 1 amide bonds. The molecule has 21 heavy (non-hydrogen) atoms. The lowest BCUT2D eigenvalue weighted by molar-refractivity contribution is -0.137. The zero-order valence-electron chi connectivity index (χ0n) is 11.6. The Labute approximate surface area is 131 Å². The highest BCUT2D eigenvalue weighted by Gasteiger charge is 2.31. The van der Waals surface area contributed by atoms with Crippen LogP contribution in [0, 0.1) is 18.3 Å². The molecular formula is C14H14N2O3S2. The second kappa shape index (κ2) is 6.78. The summed E-state index contributed by atoms with van der Waals surface area (Å²) in [5, 5.41) is 14.5. The number of esters is 1. The van der Waals surface area contributed by atoms with Crippen LogP contribution in [0.2, 0.25) is 0 Å². The van der Waals surface area contributed by atoms with Crippen LogP contribution in [0.25, 0.3) is 0 Å². The standard InChI is InChI=1S/C14H14N2O3S2/c1-8-3-4-20-13(8)9-5-11(17)16-14(10(9)6-15)21-7-12(18)19-2/h3-4,9H,5,7H2,1-2H3,(H,16,17)/t9-/m1/s1. The van der Waals surface area contributed by atoms with Gasteiger partial charge in [-0.15, -0.1) is 11.3 Å². The number of thiophene rings is 1. The molecule has 0 unspecified atom stereocenters. The second-order valence-electron chi connectivity index (χ2n) is 4.49. The van der Waals surface area contributed by atoms with Gasteiger partial charge in [0.2, 0.25) is 5.91 Å². The number of hydrogen-bond acceptors (Lipinski definition) is 6. The van der Waals surface area contributed by atoms with Gasteiger partial charge in [0.15, 0.2) is 0 Å². The fourth-order valence-corrected chi connectivity index (χ4v) is 4.04. The molecule has 0 aliphatic carbocycles. The highest BCUT2D eigenvalue weighted by Crippen LogP contribution is 2.39. The van der Waals surface area contributed by atoms with E-state index in [4.69, 9.17) is 0 Å². The molecule has 0 aromatic carbocycles. The number of nitrogens with zero attached hydrogens (tertiary/aromatic N) is 1. The van der Waals surface area contributed by atoms with E-state index in [1.165, 1.54) is 7.11 Å². The molecule has 0 fully saturated rings. The van der Waals surface area contributed by atoms with Crippen molar-refractivity contribution in [1.29, 1.82) is 5.26 Å². The number of hydrogen-bond donors (Lipinski definition) is 1. The second-order valence-corrected chi connectivity index (χ2v) is 6.43. The van der Waals surface area contributed by atoms with E-state index in [1.807, 2.05) is 18.4 Å². The zero-order chi connectivity index (χ0) is 15.4. The van der Waals surface area contributed by atoms with E-state index in [1.54, 1.807) is 11.3 Å². The Hall–Kier alpha value is -1.78. The molecule has 0 spiro atoms. The van der Waals surface area contributed by atoms with E-state index >= 15 is 0 Å². The monoisotopic (exact) mass is 322 g/mol. The minimum absolute atomic E-state index is 0.0629. The molecule has 2 rings (SSSR count). The van der Waals surface area contributed by atoms with E-state index in [9.17, 15) is 14.9 Å². The predicted octanol–water partition coefficient (Wildman–Crippen LogP) is 2.30. The number of amides is 1. The normalized spacial score (nSPS) is 18.1. The molecule has 2 heterocycles. The van der Waals surface area contributed by atoms with Crippen molar-refractivity contribution in [2.75, 3.05) is 12.9 Å². The maximum atomic E-state index is 11.9. The molecule has 1 atom stereocenters. The van der Waals surface area contributed by atoms with Gasteiger partial charge in [-0.25, -0.2) is 0 Å². The lowest BCUT2D eigenvalue weighted by Crippen LogP contribution is -2.31. The molecule has 5 nitrogen and oxygen atoms in total. The van der Waals surface area contributed by atoms with E-state index < -0.39 is 5.97 Å². The predicted molar refractivity (Wildman–Crippen MR) is 81.7 cm³/mol. The number of carbonyl (C=O) groups is 2. The van der Waals surface area contributed by atoms with Crippen LogP contribution in [-0.2, 0) is 14.3 Å². The van der Waals surface area contributed by atoms with Gasteiger partial charge in [-0.2, -0.15) is 5.26 Å². The highest BCUT2D eigenvalue weighted by atomic mass is 32.2. The number of carbonyl (C=O) groups excluding carboxylic acids is 2. The minimum atomic E-state index is -0.395. The molecule has 0 bridgehead atoms. The summed E-state index contributed by atoms with van der Waals surface area (Å²) in [4.78, 5) is 24.1. The van der Waals surface area contributed by atoms with E-state index in [2.05, 4.69) is 16.1 Å². The Morgan fingerprint density at radius 1 is 1.67 bits per heavy atom. The number of nitrogens with one attached hydrogen (secondary N) is 1. The molecule has 1 N–H and O–H groups in total. The van der Waals surface area contributed by atoms with Crippen molar-refractivity contribution in [3.63, 3.8) is 0 Å². The van der Waals surface area contributed by atoms with Gasteiger partial charge in [-0.1, -0.05) is 11.8 Å². The van der Waals surface area contributed by atoms with E-state index in [-0.39, 0.29) is 24.0 Å². The summed E-state index contributed by atoms with van der Waals surface area (Å²) >= 11 is 2.67. The van der Waals surface area contributed by atoms with Gasteiger partial charge in [0.25, 0.3) is 0 Å². The minimum Gasteiger partial charge on any atom is -0.468 e. The number of aryl methyl sites for hydroxylation is 1. The van der Waals surface area contributed by atoms with Gasteiger partial charge in [-0.3, -0.25) is 9.59 Å². The Balaban J connectivity index is 2.33. The molecule has 1 aromatic rings. The van der Waals surface area contributed by atoms with Crippen LogP contribution >= 0.6 is 23.1 Å². The molecule has 0 saturated carbocycles. The largest absolute Gasteiger partial charge is 0.468 e. The fraction of sp³-hybridized carbons (Fsp3) is 0.357. The Morgan fingerprint density at radius 2 is 2.43 bits per heavy atom. The topological polar surface area (TPSA) is 79.2 Å². The van der Waals surface area contributed by atoms with Crippen LogP contribution in [0.1, 0.15) is 22.8 Å². The molecular weight excluding hydrogens is 308 g/mol. The van der Waals surface area contributed by atoms with Crippen molar-refractivity contribution in [1.82, 2.24) is 5.32 Å². The van der Waals surface area contributed by atoms with Gasteiger partial charge < -0.3 is 10.1 Å². The quantitative estimate of drug-likeness (QED) is 0.861. The van der Waals surface area contributed by atoms with Crippen molar-refractivity contribution in [3.8, 4) is 6.07 Å². The van der Waals surface area contributed by atoms with Crippen molar-refractivity contribution in [2.45, 2.75) is 19.3 Å². The third-order valence-electron chi connectivity index (χ3n) is 3.14. The number of ether oxygens (including phenoxy) is 1. The summed E-state index contributed by atoms with van der Waals surface area (Å²) in [5.41, 5.74) is 1.58. The molecule has 110 valence electrons. The van der Waals surface area contributed by atoms with E-state index in [0.29, 0.717) is 10.6 Å². The van der Waals surface area contributed by atoms with Crippen LogP contribution in [0.4, 0.5) is 0 Å². The van der Waals surface area contributed by atoms with Crippen LogP contribution in [0.15, 0.2) is 22.0 Å². The average Bonchev–Trinajstić information content (AvgIpc) is 2.90. The molecule has 0 radical (unpaired) electrons. The SMILES string of the molecule is COC(=O)CSC1=C(C#N)[C@H](c2sccc2C)CC(=O)N1. The Kier molecular flexibility index (Phi) is 5.04. The van der Waals surface area contributed by atoms with Crippen molar-refractivity contribution < 1.29 is 14.3 Å². The highest BCUT2D eigenvalue weighted by molar-refractivity contribution is 8.03. The first-order chi connectivity index (χ1) is 10.1. The fourth-order valence-electron chi connectivity index (χ4n) is 2.09. The first-order valence-electron chi connectivity index (χ1n) is 6.24. The number of nitriles is 1. The van der Waals surface area contributed by atoms with Crippen molar-refractivity contribution in [2.24, 2.45) is 0 Å². The zero-order valence-corrected chi connectivity index (χ0v) is 13.3. The number of rotatable bonds is 4. The van der Waals surface area contributed by atoms with Crippen LogP contribution in [0.3, 0.4) is 0 Å². The van der Waals surface area contributed by atoms with E-state index in [0.717, 1.165) is 22.2 Å². The first-order valence-corrected chi connectivity index (χ1v) is 8.11. The lowest BCUT2D eigenvalue weighted by Gasteiger charge is -2.24. The maximum Gasteiger partial charge on any atom is 0.316 e. The van der Waals surface area contributed by atoms with Crippen LogP contribution < -0.4 is 5.32 Å². The third-order valence-corrected chi connectivity index (χ3v) is 5.26. The Morgan fingerprint density at radius 3 is 3.00 bits per heavy atom. The summed E-state index contributed by atoms with van der Waals surface area (Å²) in [6.07, 6.45) is 0.256. The van der Waals surface area contributed by atoms with Crippen molar-refractivity contribution in [3.05, 3.63) is 32.5 Å². The number of methoxy groups -OCH3 is 1. The van der Waals surface area contributed by atoms with Crippen LogP contribution in [0.5, 0.6) is 0 Å². The van der Waals surface area contributed by atoms with Gasteiger partial charge in [0.1, 0.15) is 0 Å². The maximum absolute atomic E-state index is 11.9. The van der Waals surface area contributed by atoms with Crippen LogP contribution in [-0.4, -0.2) is 24.7 Å². The first kappa shape index (κ1) is 15.6. The molecule has 1 aromatic heterocycles. The molecule has 0 saturated heterocycles. The van der Waals surface area contributed by atoms with Gasteiger partial charge in [0.05, 0.1) is 29.5 Å². The molecule has 1 aliphatic rings. The van der Waals surface area contributed by atoms with Gasteiger partial charge in [0, 0.05) is 17.2 Å². The summed E-state index contributed by atoms with van der Waals surface area (Å²) in [6.45, 7) is 1.97. The summed E-state index contributed by atoms with van der Waals surface area (Å²) in [6, 6.07) is 4.16. The smallest absolute Gasteiger partial charge is 0.316 e. The summed E-state index contributed by atoms with van der Waals surface area (Å²) < 4.78 is 4.58. The lowest BCUT2D eigenvalue weighted by atomic mass is 9.91. The Bertz CT molecular complexity index is 643. The van der Waals surface area contributed by atoms with Gasteiger partial charge in [-0.05, 0) is 23.9 Å². The average molecular weight is 322 g/mol. The molecule has 7 heteroatoms.